The molecular formula is C25H33N5O9S. The van der Waals surface area contributed by atoms with Crippen LogP contribution in [0.5, 0.6) is 0 Å². The molecular weight excluding hydrogens is 546 g/mol. The van der Waals surface area contributed by atoms with Gasteiger partial charge in [-0.25, -0.2) is 4.79 Å². The summed E-state index contributed by atoms with van der Waals surface area (Å²) in [6.07, 6.45) is 1.80. The number of thioether (sulfide) groups is 1. The lowest BCUT2D eigenvalue weighted by Crippen LogP contribution is -2.57. The average Bonchev–Trinajstić information content (AvgIpc) is 3.30. The number of carbonyl (C=O) groups excluding carboxylic acids is 3. The van der Waals surface area contributed by atoms with Gasteiger partial charge in [0.05, 0.1) is 12.5 Å². The van der Waals surface area contributed by atoms with E-state index in [9.17, 15) is 39.0 Å². The van der Waals surface area contributed by atoms with E-state index in [0.717, 1.165) is 10.9 Å². The monoisotopic (exact) mass is 579 g/mol. The Hall–Kier alpha value is -4.11. The molecule has 0 saturated carbocycles. The highest BCUT2D eigenvalue weighted by Crippen LogP contribution is 2.19. The molecule has 218 valence electrons. The molecule has 0 aliphatic heterocycles. The number of amides is 3. The van der Waals surface area contributed by atoms with Crippen LogP contribution in [0, 0.1) is 0 Å². The number of rotatable bonds is 17. The molecule has 0 bridgehead atoms. The lowest BCUT2D eigenvalue weighted by molar-refractivity contribution is -0.143. The second kappa shape index (κ2) is 15.5. The summed E-state index contributed by atoms with van der Waals surface area (Å²) in [7, 11) is 0. The Labute approximate surface area is 233 Å². The Morgan fingerprint density at radius 1 is 0.875 bits per heavy atom. The quantitative estimate of drug-likeness (QED) is 0.121. The second-order valence-corrected chi connectivity index (χ2v) is 9.99. The number of benzene rings is 1. The fraction of sp³-hybridized carbons (Fsp3) is 0.440. The van der Waals surface area contributed by atoms with E-state index in [0.29, 0.717) is 11.3 Å². The van der Waals surface area contributed by atoms with Crippen molar-refractivity contribution in [2.75, 3.05) is 12.0 Å². The number of carboxylic acids is 3. The summed E-state index contributed by atoms with van der Waals surface area (Å²) < 4.78 is 0. The number of para-hydroxylation sites is 1. The number of carboxylic acid groups (broad SMARTS) is 3. The number of H-pyrrole nitrogens is 1. The van der Waals surface area contributed by atoms with Gasteiger partial charge in [-0.3, -0.25) is 24.0 Å². The van der Waals surface area contributed by atoms with Crippen LogP contribution in [0.1, 0.15) is 31.2 Å². The lowest BCUT2D eigenvalue weighted by atomic mass is 10.0. The van der Waals surface area contributed by atoms with E-state index in [1.54, 1.807) is 30.5 Å². The number of nitrogens with two attached hydrogens (primary N) is 1. The standard InChI is InChI=1S/C25H33N5O9S/c1-40-9-8-15(26)22(35)28-17(6-7-20(31)32)23(36)29-18(11-21(33)34)24(37)30-19(25(38)39)10-13-12-27-16-5-3-2-4-14(13)16/h2-5,12,15,17-19,27H,6-11,26H2,1H3,(H,28,35)(H,29,36)(H,30,37)(H,31,32)(H,33,34)(H,38,39). The van der Waals surface area contributed by atoms with Gasteiger partial charge in [-0.05, 0) is 36.5 Å². The highest BCUT2D eigenvalue weighted by molar-refractivity contribution is 7.98. The Morgan fingerprint density at radius 3 is 2.12 bits per heavy atom. The van der Waals surface area contributed by atoms with Crippen LogP contribution in [0.4, 0.5) is 0 Å². The molecule has 9 N–H and O–H groups in total. The number of aromatic nitrogens is 1. The summed E-state index contributed by atoms with van der Waals surface area (Å²) in [5, 5.41) is 35.6. The minimum absolute atomic E-state index is 0.135. The summed E-state index contributed by atoms with van der Waals surface area (Å²) in [4.78, 5) is 75.9. The topological polar surface area (TPSA) is 241 Å². The minimum atomic E-state index is -1.72. The van der Waals surface area contributed by atoms with Crippen LogP contribution in [0.2, 0.25) is 0 Å². The first-order valence-electron chi connectivity index (χ1n) is 12.3. The molecule has 4 atom stereocenters. The summed E-state index contributed by atoms with van der Waals surface area (Å²) in [6.45, 7) is 0. The third-order valence-corrected chi connectivity index (χ3v) is 6.62. The maximum atomic E-state index is 13.0. The molecule has 4 unspecified atom stereocenters. The van der Waals surface area contributed by atoms with Crippen molar-refractivity contribution in [3.63, 3.8) is 0 Å². The van der Waals surface area contributed by atoms with Crippen LogP contribution < -0.4 is 21.7 Å². The number of aromatic amines is 1. The number of hydrogen-bond donors (Lipinski definition) is 8. The Bertz CT molecular complexity index is 1230. The molecule has 2 aromatic rings. The first-order chi connectivity index (χ1) is 18.9. The molecule has 1 aromatic heterocycles. The first-order valence-corrected chi connectivity index (χ1v) is 13.7. The van der Waals surface area contributed by atoms with E-state index in [2.05, 4.69) is 20.9 Å². The second-order valence-electron chi connectivity index (χ2n) is 9.00. The summed E-state index contributed by atoms with van der Waals surface area (Å²) >= 11 is 1.45. The van der Waals surface area contributed by atoms with Crippen LogP contribution in [0.3, 0.4) is 0 Å². The molecule has 0 radical (unpaired) electrons. The van der Waals surface area contributed by atoms with Crippen molar-refractivity contribution in [1.29, 1.82) is 0 Å². The predicted molar refractivity (Wildman–Crippen MR) is 146 cm³/mol. The summed E-state index contributed by atoms with van der Waals surface area (Å²) in [6, 6.07) is 1.53. The van der Waals surface area contributed by atoms with Gasteiger partial charge in [-0.15, -0.1) is 0 Å². The maximum Gasteiger partial charge on any atom is 0.326 e. The van der Waals surface area contributed by atoms with Gasteiger partial charge in [0.1, 0.15) is 18.1 Å². The molecule has 3 amide bonds. The molecule has 14 nitrogen and oxygen atoms in total. The van der Waals surface area contributed by atoms with E-state index >= 15 is 0 Å². The number of aliphatic carboxylic acids is 3. The molecule has 1 heterocycles. The fourth-order valence-electron chi connectivity index (χ4n) is 3.84. The molecule has 0 fully saturated rings. The largest absolute Gasteiger partial charge is 0.481 e. The van der Waals surface area contributed by atoms with Crippen molar-refractivity contribution in [2.45, 2.75) is 56.3 Å². The molecule has 1 aromatic carbocycles. The van der Waals surface area contributed by atoms with Crippen molar-refractivity contribution in [2.24, 2.45) is 5.73 Å². The van der Waals surface area contributed by atoms with Gasteiger partial charge in [0.15, 0.2) is 0 Å². The predicted octanol–water partition coefficient (Wildman–Crippen LogP) is -0.331. The number of carbonyl (C=O) groups is 6. The molecule has 40 heavy (non-hydrogen) atoms. The van der Waals surface area contributed by atoms with Crippen molar-refractivity contribution in [3.05, 3.63) is 36.0 Å². The van der Waals surface area contributed by atoms with Crippen LogP contribution >= 0.6 is 11.8 Å². The highest BCUT2D eigenvalue weighted by atomic mass is 32.2. The van der Waals surface area contributed by atoms with Crippen LogP contribution in [-0.4, -0.2) is 92.1 Å². The number of fused-ring (bicyclic) bond motifs is 1. The summed E-state index contributed by atoms with van der Waals surface area (Å²) in [5.74, 6) is -6.35. The van der Waals surface area contributed by atoms with E-state index in [1.165, 1.54) is 11.8 Å². The van der Waals surface area contributed by atoms with Crippen molar-refractivity contribution in [3.8, 4) is 0 Å². The SMILES string of the molecule is CSCCC(N)C(=O)NC(CCC(=O)O)C(=O)NC(CC(=O)O)C(=O)NC(Cc1c[nH]c2ccccc12)C(=O)O. The van der Waals surface area contributed by atoms with Gasteiger partial charge in [-0.1, -0.05) is 18.2 Å². The zero-order valence-corrected chi connectivity index (χ0v) is 22.5. The first kappa shape index (κ1) is 32.1. The third kappa shape index (κ3) is 9.89. The van der Waals surface area contributed by atoms with E-state index in [1.807, 2.05) is 6.26 Å². The van der Waals surface area contributed by atoms with Gasteiger partial charge >= 0.3 is 17.9 Å². The molecule has 0 aliphatic carbocycles. The molecule has 0 saturated heterocycles. The van der Waals surface area contributed by atoms with E-state index in [4.69, 9.17) is 10.8 Å². The molecule has 2 rings (SSSR count). The molecule has 0 aliphatic rings. The van der Waals surface area contributed by atoms with Crippen LogP contribution in [0.25, 0.3) is 10.9 Å². The van der Waals surface area contributed by atoms with E-state index in [-0.39, 0.29) is 19.3 Å². The number of nitrogens with one attached hydrogen (secondary N) is 4. The zero-order chi connectivity index (χ0) is 29.8. The van der Waals surface area contributed by atoms with Crippen molar-refractivity contribution < 1.29 is 44.1 Å². The summed E-state index contributed by atoms with van der Waals surface area (Å²) in [5.41, 5.74) is 7.17. The zero-order valence-electron chi connectivity index (χ0n) is 21.7. The molecule has 15 heteroatoms. The van der Waals surface area contributed by atoms with Gasteiger partial charge in [-0.2, -0.15) is 11.8 Å². The average molecular weight is 580 g/mol. The van der Waals surface area contributed by atoms with Crippen LogP contribution in [-0.2, 0) is 35.2 Å². The molecule has 0 spiro atoms. The number of hydrogen-bond acceptors (Lipinski definition) is 8. The third-order valence-electron chi connectivity index (χ3n) is 5.97. The Morgan fingerprint density at radius 2 is 1.50 bits per heavy atom. The smallest absolute Gasteiger partial charge is 0.326 e. The van der Waals surface area contributed by atoms with Crippen molar-refractivity contribution >= 4 is 58.3 Å². The van der Waals surface area contributed by atoms with Crippen molar-refractivity contribution in [1.82, 2.24) is 20.9 Å². The lowest BCUT2D eigenvalue weighted by Gasteiger charge is -2.24. The van der Waals surface area contributed by atoms with Gasteiger partial charge in [0.2, 0.25) is 17.7 Å². The fourth-order valence-corrected chi connectivity index (χ4v) is 4.33. The maximum absolute atomic E-state index is 13.0. The van der Waals surface area contributed by atoms with Gasteiger partial charge < -0.3 is 42.0 Å². The Kier molecular flexibility index (Phi) is 12.4. The Balaban J connectivity index is 2.18. The normalized spacial score (nSPS) is 13.9. The minimum Gasteiger partial charge on any atom is -0.481 e. The van der Waals surface area contributed by atoms with Crippen LogP contribution in [0.15, 0.2) is 30.5 Å². The van der Waals surface area contributed by atoms with Gasteiger partial charge in [0.25, 0.3) is 0 Å². The van der Waals surface area contributed by atoms with Gasteiger partial charge in [0, 0.05) is 29.9 Å². The van der Waals surface area contributed by atoms with E-state index < -0.39 is 72.6 Å². The highest BCUT2D eigenvalue weighted by Gasteiger charge is 2.32.